The molecule has 0 radical (unpaired) electrons. The first kappa shape index (κ1) is 19.5. The van der Waals surface area contributed by atoms with E-state index in [1.807, 2.05) is 115 Å². The van der Waals surface area contributed by atoms with Gasteiger partial charge in [-0.1, -0.05) is 66.7 Å². The van der Waals surface area contributed by atoms with Crippen molar-refractivity contribution in [2.24, 2.45) is 0 Å². The lowest BCUT2D eigenvalue weighted by molar-refractivity contribution is 0.102. The van der Waals surface area contributed by atoms with Crippen molar-refractivity contribution in [1.29, 1.82) is 0 Å². The Kier molecular flexibility index (Phi) is 5.33. The number of amides is 1. The summed E-state index contributed by atoms with van der Waals surface area (Å²) < 4.78 is 5.82. The molecule has 0 atom stereocenters. The lowest BCUT2D eigenvalue weighted by Gasteiger charge is -2.11. The summed E-state index contributed by atoms with van der Waals surface area (Å²) in [4.78, 5) is 18.0. The van der Waals surface area contributed by atoms with Crippen LogP contribution in [0.25, 0.3) is 22.2 Å². The number of anilines is 1. The van der Waals surface area contributed by atoms with Gasteiger partial charge in [0.1, 0.15) is 11.5 Å². The summed E-state index contributed by atoms with van der Waals surface area (Å²) in [7, 11) is 0. The van der Waals surface area contributed by atoms with Crippen molar-refractivity contribution in [2.75, 3.05) is 5.32 Å². The van der Waals surface area contributed by atoms with Gasteiger partial charge in [-0.25, -0.2) is 4.98 Å². The van der Waals surface area contributed by atoms with Crippen molar-refractivity contribution in [3.05, 3.63) is 121 Å². The Bertz CT molecular complexity index is 1370. The maximum atomic E-state index is 13.2. The molecule has 0 unspecified atom stereocenters. The monoisotopic (exact) mass is 416 g/mol. The summed E-state index contributed by atoms with van der Waals surface area (Å²) in [6.45, 7) is 0. The molecule has 0 aliphatic carbocycles. The third-order valence-corrected chi connectivity index (χ3v) is 5.12. The molecule has 4 nitrogen and oxygen atoms in total. The average molecular weight is 416 g/mol. The maximum absolute atomic E-state index is 13.2. The van der Waals surface area contributed by atoms with Gasteiger partial charge in [-0.05, 0) is 48.5 Å². The van der Waals surface area contributed by atoms with Crippen molar-refractivity contribution in [1.82, 2.24) is 4.98 Å². The predicted octanol–water partition coefficient (Wildman–Crippen LogP) is 6.95. The highest BCUT2D eigenvalue weighted by Gasteiger charge is 2.14. The zero-order valence-electron chi connectivity index (χ0n) is 17.2. The molecule has 4 heteroatoms. The highest BCUT2D eigenvalue weighted by Crippen LogP contribution is 2.27. The number of nitrogens with one attached hydrogen (secondary N) is 1. The van der Waals surface area contributed by atoms with Crippen LogP contribution in [0.4, 0.5) is 5.69 Å². The summed E-state index contributed by atoms with van der Waals surface area (Å²) >= 11 is 0. The zero-order valence-corrected chi connectivity index (χ0v) is 17.2. The van der Waals surface area contributed by atoms with Crippen LogP contribution in [0.5, 0.6) is 11.5 Å². The summed E-state index contributed by atoms with van der Waals surface area (Å²) in [6, 6.07) is 36.3. The molecule has 5 aromatic rings. The number of carbonyl (C=O) groups is 1. The lowest BCUT2D eigenvalue weighted by atomic mass is 10.0. The van der Waals surface area contributed by atoms with Crippen LogP contribution in [0, 0.1) is 0 Å². The molecule has 1 N–H and O–H groups in total. The van der Waals surface area contributed by atoms with E-state index >= 15 is 0 Å². The van der Waals surface area contributed by atoms with Crippen molar-refractivity contribution >= 4 is 22.5 Å². The molecule has 4 aromatic carbocycles. The third-order valence-electron chi connectivity index (χ3n) is 5.12. The Morgan fingerprint density at radius 2 is 1.31 bits per heavy atom. The van der Waals surface area contributed by atoms with E-state index in [2.05, 4.69) is 5.32 Å². The van der Waals surface area contributed by atoms with Gasteiger partial charge in [-0.3, -0.25) is 4.79 Å². The van der Waals surface area contributed by atoms with Gasteiger partial charge in [0.2, 0.25) is 0 Å². The first-order chi connectivity index (χ1) is 15.8. The second kappa shape index (κ2) is 8.74. The number of benzene rings is 4. The van der Waals surface area contributed by atoms with E-state index in [1.54, 1.807) is 0 Å². The van der Waals surface area contributed by atoms with Gasteiger partial charge in [0.25, 0.3) is 5.91 Å². The van der Waals surface area contributed by atoms with Crippen molar-refractivity contribution in [2.45, 2.75) is 0 Å². The number of para-hydroxylation sites is 2. The number of pyridine rings is 1. The molecule has 1 heterocycles. The summed E-state index contributed by atoms with van der Waals surface area (Å²) in [6.07, 6.45) is 0. The molecule has 32 heavy (non-hydrogen) atoms. The SMILES string of the molecule is O=C(Nc1ccc(Oc2ccccc2)cc1)c1cc(-c2ccccc2)nc2ccccc12. The number of aromatic nitrogens is 1. The number of rotatable bonds is 5. The van der Waals surface area contributed by atoms with Gasteiger partial charge in [0.05, 0.1) is 16.8 Å². The molecule has 154 valence electrons. The Hall–Kier alpha value is -4.44. The molecule has 0 aliphatic heterocycles. The zero-order chi connectivity index (χ0) is 21.8. The van der Waals surface area contributed by atoms with E-state index in [9.17, 15) is 4.79 Å². The molecule has 0 spiro atoms. The van der Waals surface area contributed by atoms with Crippen molar-refractivity contribution < 1.29 is 9.53 Å². The van der Waals surface area contributed by atoms with E-state index in [0.717, 1.165) is 27.9 Å². The molecule has 5 rings (SSSR count). The fourth-order valence-corrected chi connectivity index (χ4v) is 3.55. The highest BCUT2D eigenvalue weighted by atomic mass is 16.5. The van der Waals surface area contributed by atoms with Crippen LogP contribution >= 0.6 is 0 Å². The van der Waals surface area contributed by atoms with Gasteiger partial charge in [0, 0.05) is 16.6 Å². The van der Waals surface area contributed by atoms with Gasteiger partial charge in [-0.15, -0.1) is 0 Å². The van der Waals surface area contributed by atoms with Gasteiger partial charge in [0.15, 0.2) is 0 Å². The molecule has 1 amide bonds. The molecule has 0 fully saturated rings. The van der Waals surface area contributed by atoms with Crippen LogP contribution < -0.4 is 10.1 Å². The minimum absolute atomic E-state index is 0.183. The number of nitrogens with zero attached hydrogens (tertiary/aromatic N) is 1. The number of fused-ring (bicyclic) bond motifs is 1. The van der Waals surface area contributed by atoms with Crippen molar-refractivity contribution in [3.8, 4) is 22.8 Å². The Morgan fingerprint density at radius 1 is 0.688 bits per heavy atom. The molecular weight excluding hydrogens is 396 g/mol. The van der Waals surface area contributed by atoms with Crippen LogP contribution in [-0.4, -0.2) is 10.9 Å². The number of carbonyl (C=O) groups excluding carboxylic acids is 1. The number of hydrogen-bond donors (Lipinski definition) is 1. The summed E-state index contributed by atoms with van der Waals surface area (Å²) in [5.41, 5.74) is 3.79. The van der Waals surface area contributed by atoms with Crippen LogP contribution in [0.2, 0.25) is 0 Å². The molecule has 0 bridgehead atoms. The predicted molar refractivity (Wildman–Crippen MR) is 128 cm³/mol. The smallest absolute Gasteiger partial charge is 0.256 e. The van der Waals surface area contributed by atoms with E-state index in [4.69, 9.17) is 9.72 Å². The minimum Gasteiger partial charge on any atom is -0.457 e. The van der Waals surface area contributed by atoms with Gasteiger partial charge in [-0.2, -0.15) is 0 Å². The molecule has 0 aliphatic rings. The number of hydrogen-bond acceptors (Lipinski definition) is 3. The molecular formula is C28H20N2O2. The Balaban J connectivity index is 1.42. The Labute approximate surface area is 186 Å². The van der Waals surface area contributed by atoms with E-state index in [0.29, 0.717) is 17.0 Å². The second-order valence-corrected chi connectivity index (χ2v) is 7.33. The molecule has 1 aromatic heterocycles. The average Bonchev–Trinajstić information content (AvgIpc) is 2.85. The van der Waals surface area contributed by atoms with Crippen LogP contribution in [0.1, 0.15) is 10.4 Å². The topological polar surface area (TPSA) is 51.2 Å². The Morgan fingerprint density at radius 3 is 2.06 bits per heavy atom. The molecule has 0 saturated heterocycles. The maximum Gasteiger partial charge on any atom is 0.256 e. The third kappa shape index (κ3) is 4.20. The minimum atomic E-state index is -0.183. The van der Waals surface area contributed by atoms with Gasteiger partial charge < -0.3 is 10.1 Å². The quantitative estimate of drug-likeness (QED) is 0.337. The van der Waals surface area contributed by atoms with Crippen LogP contribution in [0.15, 0.2) is 115 Å². The number of ether oxygens (including phenoxy) is 1. The van der Waals surface area contributed by atoms with E-state index in [1.165, 1.54) is 0 Å². The largest absolute Gasteiger partial charge is 0.457 e. The van der Waals surface area contributed by atoms with Crippen LogP contribution in [-0.2, 0) is 0 Å². The first-order valence-electron chi connectivity index (χ1n) is 10.4. The van der Waals surface area contributed by atoms with E-state index in [-0.39, 0.29) is 5.91 Å². The summed E-state index contributed by atoms with van der Waals surface area (Å²) in [5, 5.41) is 3.81. The fraction of sp³-hybridized carbons (Fsp3) is 0. The van der Waals surface area contributed by atoms with E-state index < -0.39 is 0 Å². The van der Waals surface area contributed by atoms with Crippen LogP contribution in [0.3, 0.4) is 0 Å². The standard InChI is InChI=1S/C28H20N2O2/c31-28(29-21-15-17-23(18-16-21)32-22-11-5-2-6-12-22)25-19-27(20-9-3-1-4-10-20)30-26-14-8-7-13-24(25)26/h1-19H,(H,29,31). The van der Waals surface area contributed by atoms with Gasteiger partial charge >= 0.3 is 0 Å². The van der Waals surface area contributed by atoms with Crippen molar-refractivity contribution in [3.63, 3.8) is 0 Å². The fourth-order valence-electron chi connectivity index (χ4n) is 3.55. The second-order valence-electron chi connectivity index (χ2n) is 7.33. The normalized spacial score (nSPS) is 10.6. The first-order valence-corrected chi connectivity index (χ1v) is 10.4. The summed E-state index contributed by atoms with van der Waals surface area (Å²) in [5.74, 6) is 1.29. The molecule has 0 saturated carbocycles. The lowest BCUT2D eigenvalue weighted by Crippen LogP contribution is -2.13. The highest BCUT2D eigenvalue weighted by molar-refractivity contribution is 6.13.